The normalized spacial score (nSPS) is 15.7. The highest BCUT2D eigenvalue weighted by atomic mass is 127. The molecule has 2 N–H and O–H groups in total. The average Bonchev–Trinajstić information content (AvgIpc) is 2.57. The van der Waals surface area contributed by atoms with Crippen LogP contribution in [-0.4, -0.2) is 49.3 Å². The summed E-state index contributed by atoms with van der Waals surface area (Å²) < 4.78 is 5.42. The van der Waals surface area contributed by atoms with E-state index in [9.17, 15) is 5.11 Å². The molecule has 6 heteroatoms. The number of halogens is 1. The Balaban J connectivity index is 0.00000288. The molecule has 0 aromatic heterocycles. The first-order valence-electron chi connectivity index (χ1n) is 8.54. The summed E-state index contributed by atoms with van der Waals surface area (Å²) in [6.07, 6.45) is 3.52. The molecular formula is C18H30IN3O2. The minimum absolute atomic E-state index is 0. The zero-order valence-electron chi connectivity index (χ0n) is 14.7. The predicted molar refractivity (Wildman–Crippen MR) is 109 cm³/mol. The van der Waals surface area contributed by atoms with Gasteiger partial charge in [0.1, 0.15) is 5.75 Å². The first-order valence-corrected chi connectivity index (χ1v) is 8.54. The maximum Gasteiger partial charge on any atom is 0.193 e. The number of rotatable bonds is 6. The third kappa shape index (κ3) is 7.25. The maximum absolute atomic E-state index is 9.53. The molecule has 1 heterocycles. The molecule has 1 aromatic rings. The fourth-order valence-corrected chi connectivity index (χ4v) is 2.81. The smallest absolute Gasteiger partial charge is 0.193 e. The number of hydrogen-bond donors (Lipinski definition) is 2. The van der Waals surface area contributed by atoms with E-state index in [0.717, 1.165) is 43.7 Å². The van der Waals surface area contributed by atoms with Gasteiger partial charge in [0.05, 0.1) is 6.54 Å². The predicted octanol–water partition coefficient (Wildman–Crippen LogP) is 3.22. The van der Waals surface area contributed by atoms with Gasteiger partial charge in [-0.2, -0.15) is 0 Å². The second kappa shape index (κ2) is 11.5. The quantitative estimate of drug-likeness (QED) is 0.400. The lowest BCUT2D eigenvalue weighted by Crippen LogP contribution is -2.40. The van der Waals surface area contributed by atoms with E-state index < -0.39 is 0 Å². The van der Waals surface area contributed by atoms with E-state index in [-0.39, 0.29) is 29.7 Å². The van der Waals surface area contributed by atoms with Gasteiger partial charge in [0, 0.05) is 33.4 Å². The highest BCUT2D eigenvalue weighted by Crippen LogP contribution is 2.18. The largest absolute Gasteiger partial charge is 0.508 e. The number of aliphatic imine (C=N–C) groups is 1. The van der Waals surface area contributed by atoms with Gasteiger partial charge in [-0.15, -0.1) is 24.0 Å². The summed E-state index contributed by atoms with van der Waals surface area (Å²) >= 11 is 0. The zero-order chi connectivity index (χ0) is 16.5. The number of hydrogen-bond acceptors (Lipinski definition) is 3. The van der Waals surface area contributed by atoms with E-state index in [1.54, 1.807) is 12.1 Å². The number of nitrogens with zero attached hydrogens (tertiary/aromatic N) is 2. The molecule has 136 valence electrons. The average molecular weight is 447 g/mol. The number of guanidine groups is 1. The topological polar surface area (TPSA) is 57.1 Å². The minimum atomic E-state index is 0. The Morgan fingerprint density at radius 2 is 2.12 bits per heavy atom. The van der Waals surface area contributed by atoms with Crippen molar-refractivity contribution >= 4 is 29.9 Å². The van der Waals surface area contributed by atoms with Crippen LogP contribution in [0.1, 0.15) is 31.7 Å². The second-order valence-corrected chi connectivity index (χ2v) is 6.11. The Morgan fingerprint density at radius 1 is 1.38 bits per heavy atom. The molecule has 0 aliphatic carbocycles. The summed E-state index contributed by atoms with van der Waals surface area (Å²) in [7, 11) is 2.09. The lowest BCUT2D eigenvalue weighted by molar-refractivity contribution is 0.0625. The molecule has 5 nitrogen and oxygen atoms in total. The van der Waals surface area contributed by atoms with Crippen molar-refractivity contribution in [2.75, 3.05) is 33.4 Å². The Bertz CT molecular complexity index is 505. The summed E-state index contributed by atoms with van der Waals surface area (Å²) in [6, 6.07) is 7.27. The van der Waals surface area contributed by atoms with Gasteiger partial charge in [-0.25, -0.2) is 4.99 Å². The fraction of sp³-hybridized carbons (Fsp3) is 0.611. The standard InChI is InChI=1S/C18H29N3O2.HI/c1-3-19-18(20-14-16-5-4-6-17(22)13-16)21(2)10-7-15-8-11-23-12-9-15;/h4-6,13,15,22H,3,7-12,14H2,1-2H3,(H,19,20);1H. The van der Waals surface area contributed by atoms with Crippen molar-refractivity contribution in [3.05, 3.63) is 29.8 Å². The Hall–Kier alpha value is -1.02. The van der Waals surface area contributed by atoms with Crippen molar-refractivity contribution < 1.29 is 9.84 Å². The SMILES string of the molecule is CCNC(=NCc1cccc(O)c1)N(C)CCC1CCOCC1.I. The Labute approximate surface area is 162 Å². The van der Waals surface area contributed by atoms with Crippen LogP contribution in [0, 0.1) is 5.92 Å². The molecule has 2 rings (SSSR count). The number of nitrogens with one attached hydrogen (secondary N) is 1. The fourth-order valence-electron chi connectivity index (χ4n) is 2.81. The van der Waals surface area contributed by atoms with E-state index in [1.165, 1.54) is 19.3 Å². The van der Waals surface area contributed by atoms with Gasteiger partial charge in [0.2, 0.25) is 0 Å². The van der Waals surface area contributed by atoms with Crippen molar-refractivity contribution in [3.8, 4) is 5.75 Å². The molecule has 0 saturated carbocycles. The molecule has 0 spiro atoms. The number of phenolic OH excluding ortho intramolecular Hbond substituents is 1. The van der Waals surface area contributed by atoms with Crippen molar-refractivity contribution in [1.29, 1.82) is 0 Å². The van der Waals surface area contributed by atoms with E-state index in [2.05, 4.69) is 29.2 Å². The summed E-state index contributed by atoms with van der Waals surface area (Å²) in [4.78, 5) is 6.88. The molecule has 0 radical (unpaired) electrons. The molecule has 1 aliphatic rings. The van der Waals surface area contributed by atoms with Gasteiger partial charge in [0.15, 0.2) is 5.96 Å². The summed E-state index contributed by atoms with van der Waals surface area (Å²) in [5, 5.41) is 12.9. The first-order chi connectivity index (χ1) is 11.2. The first kappa shape index (κ1) is 21.0. The number of benzene rings is 1. The van der Waals surface area contributed by atoms with Crippen LogP contribution in [0.15, 0.2) is 29.3 Å². The molecular weight excluding hydrogens is 417 g/mol. The lowest BCUT2D eigenvalue weighted by Gasteiger charge is -2.26. The van der Waals surface area contributed by atoms with Crippen LogP contribution in [0.4, 0.5) is 0 Å². The molecule has 1 aromatic carbocycles. The molecule has 1 saturated heterocycles. The Kier molecular flexibility index (Phi) is 10.1. The molecule has 1 fully saturated rings. The van der Waals surface area contributed by atoms with Crippen LogP contribution in [0.25, 0.3) is 0 Å². The second-order valence-electron chi connectivity index (χ2n) is 6.11. The summed E-state index contributed by atoms with van der Waals surface area (Å²) in [5.41, 5.74) is 1.01. The van der Waals surface area contributed by atoms with Crippen LogP contribution in [0.5, 0.6) is 5.75 Å². The highest BCUT2D eigenvalue weighted by molar-refractivity contribution is 14.0. The van der Waals surface area contributed by atoms with Gasteiger partial charge in [-0.1, -0.05) is 12.1 Å². The number of phenols is 1. The van der Waals surface area contributed by atoms with Gasteiger partial charge >= 0.3 is 0 Å². The zero-order valence-corrected chi connectivity index (χ0v) is 17.0. The van der Waals surface area contributed by atoms with E-state index in [0.29, 0.717) is 6.54 Å². The van der Waals surface area contributed by atoms with E-state index >= 15 is 0 Å². The number of ether oxygens (including phenoxy) is 1. The lowest BCUT2D eigenvalue weighted by atomic mass is 9.96. The van der Waals surface area contributed by atoms with Crippen molar-refractivity contribution in [2.45, 2.75) is 32.7 Å². The highest BCUT2D eigenvalue weighted by Gasteiger charge is 2.15. The summed E-state index contributed by atoms with van der Waals surface area (Å²) in [6.45, 7) is 6.30. The van der Waals surface area contributed by atoms with Crippen molar-refractivity contribution in [2.24, 2.45) is 10.9 Å². The van der Waals surface area contributed by atoms with Crippen LogP contribution >= 0.6 is 24.0 Å². The third-order valence-corrected chi connectivity index (χ3v) is 4.23. The Morgan fingerprint density at radius 3 is 2.79 bits per heavy atom. The molecule has 24 heavy (non-hydrogen) atoms. The molecule has 0 atom stereocenters. The van der Waals surface area contributed by atoms with Gasteiger partial charge in [-0.05, 0) is 49.8 Å². The van der Waals surface area contributed by atoms with E-state index in [4.69, 9.17) is 4.74 Å². The maximum atomic E-state index is 9.53. The van der Waals surface area contributed by atoms with Gasteiger partial charge in [0.25, 0.3) is 0 Å². The third-order valence-electron chi connectivity index (χ3n) is 4.23. The molecule has 0 bridgehead atoms. The van der Waals surface area contributed by atoms with Crippen LogP contribution in [0.2, 0.25) is 0 Å². The van der Waals surface area contributed by atoms with Crippen LogP contribution in [-0.2, 0) is 11.3 Å². The monoisotopic (exact) mass is 447 g/mol. The van der Waals surface area contributed by atoms with Crippen LogP contribution in [0.3, 0.4) is 0 Å². The number of aromatic hydroxyl groups is 1. The molecule has 1 aliphatic heterocycles. The summed E-state index contributed by atoms with van der Waals surface area (Å²) in [5.74, 6) is 1.97. The van der Waals surface area contributed by atoms with Crippen molar-refractivity contribution in [1.82, 2.24) is 10.2 Å². The minimum Gasteiger partial charge on any atom is -0.508 e. The van der Waals surface area contributed by atoms with Crippen molar-refractivity contribution in [3.63, 3.8) is 0 Å². The van der Waals surface area contributed by atoms with Gasteiger partial charge in [-0.3, -0.25) is 0 Å². The van der Waals surface area contributed by atoms with E-state index in [1.807, 2.05) is 12.1 Å². The van der Waals surface area contributed by atoms with Crippen LogP contribution < -0.4 is 5.32 Å². The molecule has 0 amide bonds. The van der Waals surface area contributed by atoms with Gasteiger partial charge < -0.3 is 20.1 Å². The molecule has 0 unspecified atom stereocenters.